The third kappa shape index (κ3) is 7.40. The molecule has 1 aromatic heterocycles. The Kier molecular flexibility index (Phi) is 9.46. The number of rotatable bonds is 6. The number of nitrogens with zero attached hydrogens (tertiary/aromatic N) is 2. The number of aromatic nitrogens is 1. The average molecular weight is 666 g/mol. The Hall–Kier alpha value is -4.65. The Morgan fingerprint density at radius 1 is 0.979 bits per heavy atom. The minimum Gasteiger partial charge on any atom is -0.484 e. The molecule has 0 spiro atoms. The molecule has 13 heteroatoms. The van der Waals surface area contributed by atoms with Crippen molar-refractivity contribution in [3.63, 3.8) is 0 Å². The van der Waals surface area contributed by atoms with E-state index >= 15 is 0 Å². The van der Waals surface area contributed by atoms with Crippen molar-refractivity contribution >= 4 is 29.1 Å². The maximum absolute atomic E-state index is 13.2. The van der Waals surface area contributed by atoms with E-state index in [2.05, 4.69) is 15.5 Å². The van der Waals surface area contributed by atoms with Crippen LogP contribution in [0.1, 0.15) is 82.2 Å². The van der Waals surface area contributed by atoms with Gasteiger partial charge in [-0.25, -0.2) is 4.79 Å². The van der Waals surface area contributed by atoms with Crippen LogP contribution in [0.2, 0.25) is 0 Å². The van der Waals surface area contributed by atoms with E-state index in [4.69, 9.17) is 15.6 Å². The first kappa shape index (κ1) is 34.7. The number of benzene rings is 2. The van der Waals surface area contributed by atoms with Gasteiger partial charge in [-0.1, -0.05) is 45.0 Å². The van der Waals surface area contributed by atoms with E-state index in [9.17, 15) is 22.8 Å². The van der Waals surface area contributed by atoms with Crippen molar-refractivity contribution < 1.29 is 27.5 Å². The van der Waals surface area contributed by atoms with E-state index in [0.717, 1.165) is 30.5 Å². The third-order valence-corrected chi connectivity index (χ3v) is 9.26. The number of anilines is 2. The molecule has 2 aromatic carbocycles. The number of likely N-dealkylation sites (N-methyl/N-ethyl adjacent to an activating group) is 1. The van der Waals surface area contributed by atoms with Gasteiger partial charge in [-0.15, -0.1) is 0 Å². The summed E-state index contributed by atoms with van der Waals surface area (Å²) in [5, 5.41) is 25.0. The van der Waals surface area contributed by atoms with Crippen molar-refractivity contribution in [2.45, 2.75) is 82.7 Å². The lowest BCUT2D eigenvalue weighted by molar-refractivity contribution is -0.167. The van der Waals surface area contributed by atoms with Crippen molar-refractivity contribution in [2.24, 2.45) is 0 Å². The molecule has 0 saturated carbocycles. The first-order valence-corrected chi connectivity index (χ1v) is 15.9. The number of carbonyl (C=O) groups excluding carboxylic acids is 2. The molecule has 256 valence electrons. The molecule has 3 amide bonds. The summed E-state index contributed by atoms with van der Waals surface area (Å²) in [5.41, 5.74) is 1.76. The van der Waals surface area contributed by atoms with Crippen molar-refractivity contribution in [3.8, 4) is 5.75 Å². The monoisotopic (exact) mass is 665 g/mol. The van der Waals surface area contributed by atoms with Crippen molar-refractivity contribution in [1.82, 2.24) is 14.8 Å². The summed E-state index contributed by atoms with van der Waals surface area (Å²) < 4.78 is 46.8. The van der Waals surface area contributed by atoms with Gasteiger partial charge in [0.15, 0.2) is 0 Å². The molecule has 2 heterocycles. The molecular formula is C35H42F3N7O3. The Morgan fingerprint density at radius 2 is 1.65 bits per heavy atom. The molecule has 1 saturated heterocycles. The van der Waals surface area contributed by atoms with Gasteiger partial charge in [0.25, 0.3) is 0 Å². The highest BCUT2D eigenvalue weighted by atomic mass is 19.4. The molecule has 0 radical (unpaired) electrons. The van der Waals surface area contributed by atoms with E-state index in [1.54, 1.807) is 29.0 Å². The highest BCUT2D eigenvalue weighted by molar-refractivity contribution is 5.96. The van der Waals surface area contributed by atoms with Gasteiger partial charge in [0, 0.05) is 11.4 Å². The van der Waals surface area contributed by atoms with Crippen LogP contribution >= 0.6 is 0 Å². The number of hydrogen-bond acceptors (Lipinski definition) is 6. The summed E-state index contributed by atoms with van der Waals surface area (Å²) in [6.45, 7) is 8.53. The lowest BCUT2D eigenvalue weighted by atomic mass is 9.85. The average Bonchev–Trinajstić information content (AvgIpc) is 3.36. The summed E-state index contributed by atoms with van der Waals surface area (Å²) in [6, 6.07) is 14.5. The molecule has 1 fully saturated rings. The molecule has 5 N–H and O–H groups in total. The largest absolute Gasteiger partial charge is 0.484 e. The van der Waals surface area contributed by atoms with E-state index in [0.29, 0.717) is 30.0 Å². The number of nitrogens with one attached hydrogen (secondary N) is 5. The van der Waals surface area contributed by atoms with Crippen LogP contribution in [-0.4, -0.2) is 52.5 Å². The number of amides is 3. The van der Waals surface area contributed by atoms with Crippen molar-refractivity contribution in [1.29, 1.82) is 10.8 Å². The van der Waals surface area contributed by atoms with Crippen LogP contribution in [0, 0.1) is 10.8 Å². The molecule has 0 bridgehead atoms. The summed E-state index contributed by atoms with van der Waals surface area (Å²) >= 11 is 0. The molecular weight excluding hydrogens is 623 g/mol. The molecule has 5 rings (SSSR count). The molecule has 3 atom stereocenters. The van der Waals surface area contributed by atoms with Crippen LogP contribution in [0.3, 0.4) is 0 Å². The quantitative estimate of drug-likeness (QED) is 0.145. The van der Waals surface area contributed by atoms with Crippen LogP contribution in [0.5, 0.6) is 5.75 Å². The van der Waals surface area contributed by atoms with Crippen LogP contribution in [0.15, 0.2) is 60.8 Å². The second-order valence-corrected chi connectivity index (χ2v) is 13.7. The SMILES string of the molecule is CN1CCC[C@@]1(C)C(=N)n1cc(OC2CCC(NC(=O)Nc3cc(NC(=O)C(F)(F)F)cc(C(C)(C)C)c3)c3ccccc32)ccc1=N. The van der Waals surface area contributed by atoms with Gasteiger partial charge >= 0.3 is 18.1 Å². The van der Waals surface area contributed by atoms with Crippen LogP contribution in [0.4, 0.5) is 29.3 Å². The zero-order valence-electron chi connectivity index (χ0n) is 27.7. The number of fused-ring (bicyclic) bond motifs is 1. The highest BCUT2D eigenvalue weighted by Crippen LogP contribution is 2.39. The maximum Gasteiger partial charge on any atom is 0.471 e. The fourth-order valence-corrected chi connectivity index (χ4v) is 6.31. The van der Waals surface area contributed by atoms with Crippen molar-refractivity contribution in [3.05, 3.63) is 83.0 Å². The topological polar surface area (TPSA) is 135 Å². The molecule has 2 aliphatic rings. The van der Waals surface area contributed by atoms with Gasteiger partial charge in [0.2, 0.25) is 0 Å². The van der Waals surface area contributed by atoms with E-state index in [1.165, 1.54) is 12.1 Å². The van der Waals surface area contributed by atoms with E-state index < -0.39 is 29.1 Å². The van der Waals surface area contributed by atoms with E-state index in [1.807, 2.05) is 64.3 Å². The minimum absolute atomic E-state index is 0.0812. The number of ether oxygens (including phenoxy) is 1. The van der Waals surface area contributed by atoms with E-state index in [-0.39, 0.29) is 29.0 Å². The second kappa shape index (κ2) is 13.1. The van der Waals surface area contributed by atoms with Crippen molar-refractivity contribution in [2.75, 3.05) is 24.2 Å². The molecule has 3 aromatic rings. The number of pyridine rings is 1. The Bertz CT molecular complexity index is 1780. The first-order chi connectivity index (χ1) is 22.5. The predicted octanol–water partition coefficient (Wildman–Crippen LogP) is 6.85. The smallest absolute Gasteiger partial charge is 0.471 e. The zero-order chi connectivity index (χ0) is 35.0. The molecule has 10 nitrogen and oxygen atoms in total. The lowest BCUT2D eigenvalue weighted by Crippen LogP contribution is -2.50. The van der Waals surface area contributed by atoms with Crippen LogP contribution in [0.25, 0.3) is 0 Å². The number of halogens is 3. The fraction of sp³-hybridized carbons (Fsp3) is 0.429. The lowest BCUT2D eigenvalue weighted by Gasteiger charge is -2.34. The van der Waals surface area contributed by atoms with Gasteiger partial charge < -0.3 is 20.7 Å². The molecule has 48 heavy (non-hydrogen) atoms. The van der Waals surface area contributed by atoms with Gasteiger partial charge in [-0.3, -0.25) is 25.1 Å². The fourth-order valence-electron chi connectivity index (χ4n) is 6.31. The third-order valence-electron chi connectivity index (χ3n) is 9.26. The summed E-state index contributed by atoms with van der Waals surface area (Å²) in [5.74, 6) is -1.25. The van der Waals surface area contributed by atoms with Gasteiger partial charge in [-0.2, -0.15) is 13.2 Å². The number of likely N-dealkylation sites (tertiary alicyclic amines) is 1. The Morgan fingerprint density at radius 3 is 2.27 bits per heavy atom. The number of urea groups is 1. The van der Waals surface area contributed by atoms with Gasteiger partial charge in [-0.05, 0) is 98.6 Å². The highest BCUT2D eigenvalue weighted by Gasteiger charge is 2.40. The van der Waals surface area contributed by atoms with Crippen LogP contribution < -0.4 is 26.2 Å². The standard InChI is InChI=1S/C35H42F3N7O3/c1-33(2,3)21-17-22(41-31(46)35(36,37)38)19-23(18-21)42-32(47)43-27-12-13-28(26-10-7-6-9-25(26)27)48-24-11-14-29(39)45(20-24)30(40)34(4)15-8-16-44(34)5/h6-7,9-11,14,17-20,27-28,39-40H,8,12-13,15-16H2,1-5H3,(H,41,46)(H2,42,43,47)/t27?,28?,34-/m0/s1. The predicted molar refractivity (Wildman–Crippen MR) is 177 cm³/mol. The first-order valence-electron chi connectivity index (χ1n) is 15.9. The van der Waals surface area contributed by atoms with Gasteiger partial charge in [0.1, 0.15) is 23.2 Å². The maximum atomic E-state index is 13.2. The number of alkyl halides is 3. The molecule has 1 aliphatic heterocycles. The normalized spacial score (nSPS) is 21.2. The van der Waals surface area contributed by atoms with Gasteiger partial charge in [0.05, 0.1) is 17.8 Å². The zero-order valence-corrected chi connectivity index (χ0v) is 27.7. The molecule has 1 aliphatic carbocycles. The van der Waals surface area contributed by atoms with Crippen LogP contribution in [-0.2, 0) is 10.2 Å². The summed E-state index contributed by atoms with van der Waals surface area (Å²) in [6.07, 6.45) is -0.784. The number of hydrogen-bond donors (Lipinski definition) is 5. The number of carbonyl (C=O) groups is 2. The minimum atomic E-state index is -5.06. The summed E-state index contributed by atoms with van der Waals surface area (Å²) in [4.78, 5) is 27.0. The second-order valence-electron chi connectivity index (χ2n) is 13.7. The Labute approximate surface area is 277 Å². The Balaban J connectivity index is 1.32. The summed E-state index contributed by atoms with van der Waals surface area (Å²) in [7, 11) is 1.99. The molecule has 2 unspecified atom stereocenters.